The van der Waals surface area contributed by atoms with Crippen LogP contribution in [0.25, 0.3) is 0 Å². The molecule has 406 valence electrons. The zero-order valence-corrected chi connectivity index (χ0v) is 44.2. The zero-order valence-electron chi connectivity index (χ0n) is 44.2. The van der Waals surface area contributed by atoms with Crippen molar-refractivity contribution in [2.75, 3.05) is 26.4 Å². The Morgan fingerprint density at radius 3 is 2.38 bits per heavy atom. The summed E-state index contributed by atoms with van der Waals surface area (Å²) in [4.78, 5) is 35.8. The number of carbonyl (C=O) groups is 2. The van der Waals surface area contributed by atoms with Crippen LogP contribution in [0.5, 0.6) is 0 Å². The van der Waals surface area contributed by atoms with E-state index >= 15 is 0 Å². The van der Waals surface area contributed by atoms with Crippen LogP contribution >= 0.6 is 0 Å². The molecular formula is C57H92N4O11. The molecule has 7 fully saturated rings. The van der Waals surface area contributed by atoms with Gasteiger partial charge >= 0.3 is 5.97 Å². The number of fused-ring (bicyclic) bond motifs is 7. The second kappa shape index (κ2) is 20.8. The number of allylic oxidation sites excluding steroid dienone is 2. The lowest BCUT2D eigenvalue weighted by Gasteiger charge is -2.77. The van der Waals surface area contributed by atoms with Gasteiger partial charge in [-0.25, -0.2) is 4.98 Å². The van der Waals surface area contributed by atoms with E-state index in [-0.39, 0.29) is 85.0 Å². The smallest absolute Gasteiger partial charge is 0.310 e. The SMILES string of the molecule is CCCCCC1CC2(C(=O)O)CCC(C)(CO)CC2C2=CCC3C4(C5CCCCC5)C(CC5CC(=O)NC5C(CCCN)c5cnc[nH]5)C(O)C(OC5OCC(O)C(O)C5O)C(C)(CO)C4CCC3(C)C21C. The molecule has 2 aliphatic heterocycles. The molecule has 2 saturated heterocycles. The number of nitrogens with two attached hydrogens (primary N) is 1. The topological polar surface area (TPSA) is 261 Å². The number of nitrogens with one attached hydrogen (secondary N) is 2. The Morgan fingerprint density at radius 1 is 0.944 bits per heavy atom. The normalized spacial score (nSPS) is 46.8. The summed E-state index contributed by atoms with van der Waals surface area (Å²) in [5.74, 6) is -1.74. The number of nitrogens with zero attached hydrogens (tertiary/aromatic N) is 1. The number of carboxylic acid groups (broad SMARTS) is 1. The summed E-state index contributed by atoms with van der Waals surface area (Å²) < 4.78 is 12.8. The summed E-state index contributed by atoms with van der Waals surface area (Å²) in [7, 11) is 0. The monoisotopic (exact) mass is 1010 g/mol. The number of imidazole rings is 1. The van der Waals surface area contributed by atoms with Crippen molar-refractivity contribution in [1.82, 2.24) is 15.3 Å². The second-order valence-corrected chi connectivity index (χ2v) is 26.0. The molecule has 1 aromatic heterocycles. The number of carbonyl (C=O) groups excluding carboxylic acids is 1. The molecule has 15 heteroatoms. The van der Waals surface area contributed by atoms with Gasteiger partial charge < -0.3 is 61.3 Å². The first kappa shape index (κ1) is 54.3. The van der Waals surface area contributed by atoms with Crippen molar-refractivity contribution < 1.29 is 54.8 Å². The van der Waals surface area contributed by atoms with Crippen LogP contribution in [-0.2, 0) is 19.1 Å². The number of aliphatic hydroxyl groups excluding tert-OH is 6. The second-order valence-electron chi connectivity index (χ2n) is 26.0. The van der Waals surface area contributed by atoms with Crippen LogP contribution in [0.2, 0.25) is 0 Å². The lowest BCUT2D eigenvalue weighted by Crippen LogP contribution is -2.75. The lowest BCUT2D eigenvalue weighted by molar-refractivity contribution is -0.350. The minimum atomic E-state index is -1.61. The molecule has 1 aromatic rings. The molecule has 6 aliphatic carbocycles. The highest BCUT2D eigenvalue weighted by Crippen LogP contribution is 2.80. The first-order valence-electron chi connectivity index (χ1n) is 28.5. The molecule has 0 radical (unpaired) electrons. The van der Waals surface area contributed by atoms with Gasteiger partial charge in [0, 0.05) is 42.3 Å². The van der Waals surface area contributed by atoms with Crippen LogP contribution in [0, 0.1) is 73.9 Å². The van der Waals surface area contributed by atoms with Gasteiger partial charge in [-0.05, 0) is 153 Å². The summed E-state index contributed by atoms with van der Waals surface area (Å²) in [6.07, 6.45) is 13.9. The number of aromatic nitrogens is 2. The highest BCUT2D eigenvalue weighted by atomic mass is 16.7. The van der Waals surface area contributed by atoms with Crippen molar-refractivity contribution in [3.05, 3.63) is 29.9 Å². The van der Waals surface area contributed by atoms with Crippen molar-refractivity contribution in [3.63, 3.8) is 0 Å². The van der Waals surface area contributed by atoms with Crippen LogP contribution in [0.4, 0.5) is 0 Å². The van der Waals surface area contributed by atoms with Gasteiger partial charge in [-0.15, -0.1) is 0 Å². The third-order valence-electron chi connectivity index (χ3n) is 22.7. The number of aliphatic hydroxyl groups is 6. The molecule has 0 bridgehead atoms. The van der Waals surface area contributed by atoms with Crippen LogP contribution < -0.4 is 11.1 Å². The minimum Gasteiger partial charge on any atom is -0.481 e. The van der Waals surface area contributed by atoms with Crippen LogP contribution in [0.15, 0.2) is 24.2 Å². The van der Waals surface area contributed by atoms with Crippen molar-refractivity contribution in [2.24, 2.45) is 79.6 Å². The summed E-state index contributed by atoms with van der Waals surface area (Å²) in [5.41, 5.74) is 4.55. The highest BCUT2D eigenvalue weighted by Gasteiger charge is 2.77. The molecule has 9 rings (SSSR count). The number of carboxylic acids is 1. The first-order valence-corrected chi connectivity index (χ1v) is 28.5. The fourth-order valence-electron chi connectivity index (χ4n) is 18.9. The molecule has 20 atom stereocenters. The van der Waals surface area contributed by atoms with Crippen molar-refractivity contribution >= 4 is 11.9 Å². The van der Waals surface area contributed by atoms with Crippen molar-refractivity contribution in [3.8, 4) is 0 Å². The van der Waals surface area contributed by atoms with E-state index < -0.39 is 75.8 Å². The number of H-pyrrole nitrogens is 1. The largest absolute Gasteiger partial charge is 0.481 e. The summed E-state index contributed by atoms with van der Waals surface area (Å²) in [6, 6.07) is -0.285. The van der Waals surface area contributed by atoms with Crippen LogP contribution in [-0.4, -0.2) is 127 Å². The maximum Gasteiger partial charge on any atom is 0.310 e. The average Bonchev–Trinajstić information content (AvgIpc) is 4.04. The fourth-order valence-corrected chi connectivity index (χ4v) is 18.9. The average molecular weight is 1010 g/mol. The number of ether oxygens (including phenoxy) is 2. The van der Waals surface area contributed by atoms with E-state index in [0.717, 1.165) is 82.7 Å². The van der Waals surface area contributed by atoms with E-state index in [4.69, 9.17) is 15.2 Å². The standard InChI is InChI=1S/C57H92N4O11/c1-6-7-9-15-35-26-56(51(69)70)22-21-52(2,30-62)27-39(56)37-17-18-43-54(4,55(35,37)5)20-19-42-53(3,31-63)49(72-50-48(68)47(67)41(64)29-71-50)46(66)38(57(42,43)34-13-10-8-11-14-34)24-33-25-44(65)61-45(33)36(16-12-23-58)40-28-59-32-60-40/h17,28,32-36,38-39,41-43,45-50,62-64,66-68H,6-16,18-27,29-31,58H2,1-5H3,(H,59,60)(H,61,65)(H,69,70). The molecule has 0 aromatic carbocycles. The maximum absolute atomic E-state index is 14.0. The number of unbranched alkanes of at least 4 members (excludes halogenated alkanes) is 2. The highest BCUT2D eigenvalue weighted by molar-refractivity contribution is 5.79. The van der Waals surface area contributed by atoms with E-state index in [2.05, 4.69) is 49.1 Å². The molecule has 8 aliphatic rings. The lowest BCUT2D eigenvalue weighted by atomic mass is 9.28. The number of rotatable bonds is 17. The minimum absolute atomic E-state index is 0.00741. The molecule has 0 spiro atoms. The maximum atomic E-state index is 14.0. The number of aromatic amines is 1. The molecular weight excluding hydrogens is 917 g/mol. The summed E-state index contributed by atoms with van der Waals surface area (Å²) >= 11 is 0. The van der Waals surface area contributed by atoms with Gasteiger partial charge in [0.1, 0.15) is 18.3 Å². The molecule has 11 N–H and O–H groups in total. The number of amides is 1. The molecule has 1 amide bonds. The predicted molar refractivity (Wildman–Crippen MR) is 271 cm³/mol. The summed E-state index contributed by atoms with van der Waals surface area (Å²) in [5, 5.41) is 84.8. The van der Waals surface area contributed by atoms with Crippen LogP contribution in [0.1, 0.15) is 175 Å². The Balaban J connectivity index is 1.25. The Labute approximate surface area is 428 Å². The Bertz CT molecular complexity index is 2090. The van der Waals surface area contributed by atoms with Gasteiger partial charge in [0.25, 0.3) is 0 Å². The van der Waals surface area contributed by atoms with Crippen molar-refractivity contribution in [1.29, 1.82) is 0 Å². The fraction of sp³-hybridized carbons (Fsp3) is 0.877. The van der Waals surface area contributed by atoms with Gasteiger partial charge in [-0.1, -0.05) is 84.8 Å². The Hall–Kier alpha value is -2.47. The molecule has 3 heterocycles. The van der Waals surface area contributed by atoms with Gasteiger partial charge in [-0.2, -0.15) is 0 Å². The van der Waals surface area contributed by atoms with E-state index in [1.165, 1.54) is 5.57 Å². The van der Waals surface area contributed by atoms with Gasteiger partial charge in [0.05, 0.1) is 37.2 Å². The van der Waals surface area contributed by atoms with E-state index in [0.29, 0.717) is 51.5 Å². The third-order valence-corrected chi connectivity index (χ3v) is 22.7. The van der Waals surface area contributed by atoms with E-state index in [1.807, 2.05) is 13.1 Å². The Morgan fingerprint density at radius 2 is 1.71 bits per heavy atom. The van der Waals surface area contributed by atoms with Gasteiger partial charge in [0.2, 0.25) is 5.91 Å². The molecule has 15 nitrogen and oxygen atoms in total. The predicted octanol–water partition coefficient (Wildman–Crippen LogP) is 6.35. The zero-order chi connectivity index (χ0) is 51.6. The van der Waals surface area contributed by atoms with Crippen molar-refractivity contribution in [2.45, 2.75) is 212 Å². The molecule has 72 heavy (non-hydrogen) atoms. The number of hydrogen-bond donors (Lipinski definition) is 10. The first-order chi connectivity index (χ1) is 34.3. The number of aliphatic carboxylic acids is 1. The Kier molecular flexibility index (Phi) is 15.7. The third kappa shape index (κ3) is 8.50. The number of hydrogen-bond acceptors (Lipinski definition) is 12. The van der Waals surface area contributed by atoms with Gasteiger partial charge in [-0.3, -0.25) is 9.59 Å². The van der Waals surface area contributed by atoms with Gasteiger partial charge in [0.15, 0.2) is 6.29 Å². The molecule has 5 saturated carbocycles. The molecule has 20 unspecified atom stereocenters. The van der Waals surface area contributed by atoms with E-state index in [1.54, 1.807) is 6.33 Å². The quantitative estimate of drug-likeness (QED) is 0.0465. The summed E-state index contributed by atoms with van der Waals surface area (Å²) in [6.45, 7) is 11.3. The van der Waals surface area contributed by atoms with Crippen LogP contribution in [0.3, 0.4) is 0 Å². The van der Waals surface area contributed by atoms with E-state index in [9.17, 15) is 45.3 Å².